The highest BCUT2D eigenvalue weighted by Crippen LogP contribution is 2.19. The first-order valence-corrected chi connectivity index (χ1v) is 12.1. The fraction of sp³-hybridized carbons (Fsp3) is 0.280. The number of ether oxygens (including phenoxy) is 1. The van der Waals surface area contributed by atoms with Crippen LogP contribution in [0.5, 0.6) is 0 Å². The molecule has 3 aromatic rings. The Morgan fingerprint density at radius 1 is 0.970 bits per heavy atom. The van der Waals surface area contributed by atoms with E-state index in [1.165, 1.54) is 24.3 Å². The summed E-state index contributed by atoms with van der Waals surface area (Å²) in [4.78, 5) is 24.8. The molecular weight excluding hydrogens is 445 g/mol. The summed E-state index contributed by atoms with van der Waals surface area (Å²) in [5.41, 5.74) is 3.80. The number of aromatic nitrogens is 1. The van der Waals surface area contributed by atoms with Crippen LogP contribution in [0, 0.1) is 26.6 Å². The first-order valence-electron chi connectivity index (χ1n) is 10.5. The molecule has 0 aliphatic rings. The van der Waals surface area contributed by atoms with Gasteiger partial charge in [0.05, 0.1) is 17.1 Å². The van der Waals surface area contributed by atoms with Gasteiger partial charge in [0.1, 0.15) is 5.82 Å². The summed E-state index contributed by atoms with van der Waals surface area (Å²) in [6.07, 6.45) is -0.340. The van der Waals surface area contributed by atoms with Crippen molar-refractivity contribution < 1.29 is 27.1 Å². The lowest BCUT2D eigenvalue weighted by atomic mass is 10.1. The van der Waals surface area contributed by atoms with Gasteiger partial charge in [0.2, 0.25) is 5.78 Å². The molecule has 1 heterocycles. The average molecular weight is 472 g/mol. The third-order valence-electron chi connectivity index (χ3n) is 5.45. The van der Waals surface area contributed by atoms with Crippen LogP contribution < -0.4 is 0 Å². The lowest BCUT2D eigenvalue weighted by molar-refractivity contribution is -0.142. The van der Waals surface area contributed by atoms with Crippen molar-refractivity contribution in [1.82, 2.24) is 4.57 Å². The van der Waals surface area contributed by atoms with Gasteiger partial charge in [0.25, 0.3) is 0 Å². The minimum Gasteiger partial charge on any atom is -0.457 e. The van der Waals surface area contributed by atoms with E-state index in [2.05, 4.69) is 0 Å². The number of benzene rings is 2. The molecule has 0 unspecified atom stereocenters. The molecule has 1 aromatic heterocycles. The SMILES string of the molecule is Cc1ccc(S(=O)(=O)CCC(=O)OCC(=O)c2cc(C)n(Cc3ccc(F)cc3)c2C)cc1. The van der Waals surface area contributed by atoms with Gasteiger partial charge < -0.3 is 9.30 Å². The summed E-state index contributed by atoms with van der Waals surface area (Å²) in [5, 5.41) is 0. The molecule has 0 atom stereocenters. The number of rotatable bonds is 9. The van der Waals surface area contributed by atoms with Crippen molar-refractivity contribution in [2.24, 2.45) is 0 Å². The van der Waals surface area contributed by atoms with E-state index in [0.29, 0.717) is 17.8 Å². The Labute approximate surface area is 192 Å². The number of carbonyl (C=O) groups excluding carboxylic acids is 2. The van der Waals surface area contributed by atoms with Crippen LogP contribution in [0.1, 0.15) is 39.3 Å². The number of Topliss-reactive ketones (excluding diaryl/α,β-unsaturated/α-hetero) is 1. The number of hydrogen-bond donors (Lipinski definition) is 0. The molecule has 0 N–H and O–H groups in total. The Morgan fingerprint density at radius 3 is 2.24 bits per heavy atom. The van der Waals surface area contributed by atoms with Crippen LogP contribution in [0.15, 0.2) is 59.5 Å². The summed E-state index contributed by atoms with van der Waals surface area (Å²) < 4.78 is 44.8. The van der Waals surface area contributed by atoms with Crippen molar-refractivity contribution in [3.8, 4) is 0 Å². The topological polar surface area (TPSA) is 82.4 Å². The molecule has 33 heavy (non-hydrogen) atoms. The molecule has 0 aliphatic heterocycles. The number of carbonyl (C=O) groups is 2. The van der Waals surface area contributed by atoms with Crippen LogP contribution in [0.2, 0.25) is 0 Å². The highest BCUT2D eigenvalue weighted by Gasteiger charge is 2.20. The number of sulfone groups is 1. The minimum atomic E-state index is -3.62. The van der Waals surface area contributed by atoms with Crippen LogP contribution in [0.3, 0.4) is 0 Å². The van der Waals surface area contributed by atoms with E-state index in [1.54, 1.807) is 37.3 Å². The predicted octanol–water partition coefficient (Wildman–Crippen LogP) is 4.19. The lowest BCUT2D eigenvalue weighted by Gasteiger charge is -2.10. The average Bonchev–Trinajstić information content (AvgIpc) is 3.06. The highest BCUT2D eigenvalue weighted by atomic mass is 32.2. The van der Waals surface area contributed by atoms with Crippen LogP contribution in [0.25, 0.3) is 0 Å². The molecule has 0 bridgehead atoms. The monoisotopic (exact) mass is 471 g/mol. The number of ketones is 1. The van der Waals surface area contributed by atoms with Crippen LogP contribution in [-0.4, -0.2) is 37.1 Å². The Kier molecular flexibility index (Phi) is 7.48. The fourth-order valence-corrected chi connectivity index (χ4v) is 4.70. The Balaban J connectivity index is 1.57. The lowest BCUT2D eigenvalue weighted by Crippen LogP contribution is -2.18. The molecular formula is C25H26FNO5S. The molecule has 0 radical (unpaired) electrons. The van der Waals surface area contributed by atoms with E-state index in [-0.39, 0.29) is 22.9 Å². The van der Waals surface area contributed by atoms with Crippen molar-refractivity contribution in [3.63, 3.8) is 0 Å². The molecule has 174 valence electrons. The van der Waals surface area contributed by atoms with Crippen LogP contribution >= 0.6 is 0 Å². The smallest absolute Gasteiger partial charge is 0.307 e. The van der Waals surface area contributed by atoms with E-state index in [4.69, 9.17) is 4.74 Å². The van der Waals surface area contributed by atoms with Crippen molar-refractivity contribution in [2.45, 2.75) is 38.6 Å². The predicted molar refractivity (Wildman–Crippen MR) is 123 cm³/mol. The number of hydrogen-bond acceptors (Lipinski definition) is 5. The number of halogens is 1. The summed E-state index contributed by atoms with van der Waals surface area (Å²) in [6, 6.07) is 14.2. The molecule has 8 heteroatoms. The van der Waals surface area contributed by atoms with Gasteiger partial charge in [-0.05, 0) is 56.7 Å². The summed E-state index contributed by atoms with van der Waals surface area (Å²) in [7, 11) is -3.62. The second-order valence-electron chi connectivity index (χ2n) is 7.96. The van der Waals surface area contributed by atoms with E-state index in [0.717, 1.165) is 16.8 Å². The second-order valence-corrected chi connectivity index (χ2v) is 10.1. The van der Waals surface area contributed by atoms with Gasteiger partial charge in [0, 0.05) is 23.5 Å². The van der Waals surface area contributed by atoms with E-state index < -0.39 is 28.2 Å². The third-order valence-corrected chi connectivity index (χ3v) is 7.18. The number of aryl methyl sites for hydroxylation is 2. The summed E-state index contributed by atoms with van der Waals surface area (Å²) in [6.45, 7) is 5.51. The molecule has 0 fully saturated rings. The first kappa shape index (κ1) is 24.4. The molecule has 0 saturated heterocycles. The minimum absolute atomic E-state index is 0.144. The van der Waals surface area contributed by atoms with Gasteiger partial charge in [-0.1, -0.05) is 29.8 Å². The first-order chi connectivity index (χ1) is 15.6. The van der Waals surface area contributed by atoms with Crippen LogP contribution in [0.4, 0.5) is 4.39 Å². The van der Waals surface area contributed by atoms with Crippen molar-refractivity contribution in [1.29, 1.82) is 0 Å². The largest absolute Gasteiger partial charge is 0.457 e. The molecule has 0 saturated carbocycles. The summed E-state index contributed by atoms with van der Waals surface area (Å²) in [5.74, 6) is -1.83. The maximum atomic E-state index is 13.1. The highest BCUT2D eigenvalue weighted by molar-refractivity contribution is 7.91. The number of esters is 1. The Bertz CT molecular complexity index is 1260. The van der Waals surface area contributed by atoms with Gasteiger partial charge in [-0.15, -0.1) is 0 Å². The van der Waals surface area contributed by atoms with Crippen molar-refractivity contribution in [2.75, 3.05) is 12.4 Å². The van der Waals surface area contributed by atoms with Gasteiger partial charge >= 0.3 is 5.97 Å². The molecule has 2 aromatic carbocycles. The van der Waals surface area contributed by atoms with Crippen molar-refractivity contribution >= 4 is 21.6 Å². The van der Waals surface area contributed by atoms with E-state index in [1.807, 2.05) is 18.4 Å². The van der Waals surface area contributed by atoms with Gasteiger partial charge in [-0.2, -0.15) is 0 Å². The van der Waals surface area contributed by atoms with Crippen LogP contribution in [-0.2, 0) is 25.9 Å². The third kappa shape index (κ3) is 6.16. The zero-order chi connectivity index (χ0) is 24.2. The van der Waals surface area contributed by atoms with Gasteiger partial charge in [-0.3, -0.25) is 9.59 Å². The zero-order valence-corrected chi connectivity index (χ0v) is 19.6. The maximum absolute atomic E-state index is 13.1. The molecule has 0 spiro atoms. The van der Waals surface area contributed by atoms with Gasteiger partial charge in [0.15, 0.2) is 16.4 Å². The van der Waals surface area contributed by atoms with Gasteiger partial charge in [-0.25, -0.2) is 12.8 Å². The fourth-order valence-electron chi connectivity index (χ4n) is 3.48. The molecule has 6 nitrogen and oxygen atoms in total. The number of nitrogens with zero attached hydrogens (tertiary/aromatic N) is 1. The van der Waals surface area contributed by atoms with E-state index in [9.17, 15) is 22.4 Å². The second kappa shape index (κ2) is 10.1. The van der Waals surface area contributed by atoms with Crippen molar-refractivity contribution in [3.05, 3.63) is 88.5 Å². The molecule has 3 rings (SSSR count). The quantitative estimate of drug-likeness (QED) is 0.345. The Hall–Kier alpha value is -3.26. The summed E-state index contributed by atoms with van der Waals surface area (Å²) >= 11 is 0. The molecule has 0 amide bonds. The molecule has 0 aliphatic carbocycles. The standard InChI is InChI=1S/C25H26FNO5S/c1-17-4-10-22(11-5-17)33(30,31)13-12-25(29)32-16-24(28)23-14-18(2)27(19(23)3)15-20-6-8-21(26)9-7-20/h4-11,14H,12-13,15-16H2,1-3H3. The van der Waals surface area contributed by atoms with E-state index >= 15 is 0 Å². The normalized spacial score (nSPS) is 11.4. The Morgan fingerprint density at radius 2 is 1.61 bits per heavy atom. The zero-order valence-electron chi connectivity index (χ0n) is 18.8. The maximum Gasteiger partial charge on any atom is 0.307 e.